The van der Waals surface area contributed by atoms with Gasteiger partial charge >= 0.3 is 6.18 Å². The predicted octanol–water partition coefficient (Wildman–Crippen LogP) is 2.50. The Kier molecular flexibility index (Phi) is 4.37. The van der Waals surface area contributed by atoms with Gasteiger partial charge in [-0.25, -0.2) is 13.4 Å². The van der Waals surface area contributed by atoms with E-state index in [2.05, 4.69) is 4.98 Å². The van der Waals surface area contributed by atoms with Crippen LogP contribution in [-0.4, -0.2) is 25.0 Å². The van der Waals surface area contributed by atoms with Crippen LogP contribution >= 0.6 is 11.6 Å². The van der Waals surface area contributed by atoms with E-state index >= 15 is 0 Å². The summed E-state index contributed by atoms with van der Waals surface area (Å²) in [5.74, 6) is -0.0608. The number of aromatic nitrogens is 1. The summed E-state index contributed by atoms with van der Waals surface area (Å²) in [4.78, 5) is 3.32. The van der Waals surface area contributed by atoms with Gasteiger partial charge in [0, 0.05) is 12.1 Å². The fourth-order valence-corrected chi connectivity index (χ4v) is 2.60. The molecule has 17 heavy (non-hydrogen) atoms. The molecule has 1 rings (SSSR count). The van der Waals surface area contributed by atoms with E-state index in [1.54, 1.807) is 0 Å². The van der Waals surface area contributed by atoms with Crippen LogP contribution in [0.3, 0.4) is 0 Å². The summed E-state index contributed by atoms with van der Waals surface area (Å²) in [6, 6.07) is 1.55. The highest BCUT2D eigenvalue weighted by Crippen LogP contribution is 2.28. The lowest BCUT2D eigenvalue weighted by Gasteiger charge is -2.07. The van der Waals surface area contributed by atoms with Crippen LogP contribution in [0.4, 0.5) is 13.2 Å². The normalized spacial score (nSPS) is 12.7. The van der Waals surface area contributed by atoms with Crippen LogP contribution in [0.25, 0.3) is 0 Å². The molecule has 0 saturated carbocycles. The number of halogens is 4. The summed E-state index contributed by atoms with van der Waals surface area (Å²) in [7, 11) is -3.65. The van der Waals surface area contributed by atoms with Crippen molar-refractivity contribution >= 4 is 21.4 Å². The first-order valence-electron chi connectivity index (χ1n) is 4.59. The Morgan fingerprint density at radius 3 is 2.35 bits per heavy atom. The average Bonchev–Trinajstić information content (AvgIpc) is 2.25. The third-order valence-corrected chi connectivity index (χ3v) is 3.90. The summed E-state index contributed by atoms with van der Waals surface area (Å²) >= 11 is 5.35. The van der Waals surface area contributed by atoms with Crippen LogP contribution in [0.5, 0.6) is 0 Å². The second kappa shape index (κ2) is 5.22. The number of pyridine rings is 1. The van der Waals surface area contributed by atoms with E-state index in [0.29, 0.717) is 12.3 Å². The van der Waals surface area contributed by atoms with E-state index in [9.17, 15) is 21.6 Å². The van der Waals surface area contributed by atoms with Crippen molar-refractivity contribution in [3.63, 3.8) is 0 Å². The molecule has 1 heterocycles. The van der Waals surface area contributed by atoms with Crippen LogP contribution in [0, 0.1) is 0 Å². The molecular formula is C9H9ClF3NO2S. The number of hydrogen-bond acceptors (Lipinski definition) is 3. The summed E-state index contributed by atoms with van der Waals surface area (Å²) in [5, 5.41) is -0.365. The van der Waals surface area contributed by atoms with Crippen LogP contribution in [-0.2, 0) is 16.0 Å². The van der Waals surface area contributed by atoms with Crippen molar-refractivity contribution in [1.82, 2.24) is 4.98 Å². The monoisotopic (exact) mass is 287 g/mol. The van der Waals surface area contributed by atoms with Gasteiger partial charge in [-0.15, -0.1) is 11.6 Å². The first-order chi connectivity index (χ1) is 7.77. The molecule has 0 bridgehead atoms. The molecule has 0 aliphatic heterocycles. The molecule has 0 aliphatic carbocycles. The Hall–Kier alpha value is -0.820. The lowest BCUT2D eigenvalue weighted by Crippen LogP contribution is -2.11. The summed E-state index contributed by atoms with van der Waals surface area (Å²) in [6.45, 7) is 0. The number of sulfone groups is 1. The van der Waals surface area contributed by atoms with Gasteiger partial charge < -0.3 is 0 Å². The Bertz CT molecular complexity index is 470. The molecule has 0 aliphatic rings. The second-order valence-electron chi connectivity index (χ2n) is 3.24. The van der Waals surface area contributed by atoms with Crippen LogP contribution < -0.4 is 0 Å². The molecule has 0 unspecified atom stereocenters. The van der Waals surface area contributed by atoms with E-state index in [1.807, 2.05) is 0 Å². The van der Waals surface area contributed by atoms with E-state index in [-0.39, 0.29) is 23.1 Å². The molecule has 8 heteroatoms. The van der Waals surface area contributed by atoms with Crippen LogP contribution in [0.1, 0.15) is 12.0 Å². The van der Waals surface area contributed by atoms with Crippen molar-refractivity contribution in [2.75, 3.05) is 11.6 Å². The van der Waals surface area contributed by atoms with Crippen molar-refractivity contribution in [1.29, 1.82) is 0 Å². The highest BCUT2D eigenvalue weighted by atomic mass is 35.5. The largest absolute Gasteiger partial charge is 0.417 e. The zero-order chi connectivity index (χ0) is 13.1. The third-order valence-electron chi connectivity index (χ3n) is 1.93. The number of alkyl halides is 4. The highest BCUT2D eigenvalue weighted by Gasteiger charge is 2.31. The molecule has 0 N–H and O–H groups in total. The van der Waals surface area contributed by atoms with Gasteiger partial charge in [0.25, 0.3) is 0 Å². The zero-order valence-corrected chi connectivity index (χ0v) is 10.1. The molecule has 0 saturated heterocycles. The number of rotatable bonds is 4. The molecule has 0 atom stereocenters. The topological polar surface area (TPSA) is 47.0 Å². The Labute approximate surface area is 102 Å². The number of nitrogens with zero attached hydrogens (tertiary/aromatic N) is 1. The highest BCUT2D eigenvalue weighted by molar-refractivity contribution is 7.91. The fraction of sp³-hybridized carbons (Fsp3) is 0.444. The molecule has 0 amide bonds. The molecule has 0 aromatic carbocycles. The summed E-state index contributed by atoms with van der Waals surface area (Å²) in [6.07, 6.45) is -3.79. The van der Waals surface area contributed by atoms with E-state index in [4.69, 9.17) is 11.6 Å². The van der Waals surface area contributed by atoms with Gasteiger partial charge in [-0.1, -0.05) is 0 Å². The minimum absolute atomic E-state index is 0.167. The fourth-order valence-electron chi connectivity index (χ4n) is 1.08. The first kappa shape index (κ1) is 14.2. The van der Waals surface area contributed by atoms with Gasteiger partial charge in [0.15, 0.2) is 14.9 Å². The summed E-state index contributed by atoms with van der Waals surface area (Å²) in [5.41, 5.74) is -0.978. The van der Waals surface area contributed by atoms with Gasteiger partial charge in [0.05, 0.1) is 11.3 Å². The minimum Gasteiger partial charge on any atom is -0.244 e. The van der Waals surface area contributed by atoms with Crippen molar-refractivity contribution in [2.24, 2.45) is 0 Å². The molecule has 96 valence electrons. The quantitative estimate of drug-likeness (QED) is 0.800. The minimum atomic E-state index is -4.52. The number of hydrogen-bond donors (Lipinski definition) is 0. The maximum Gasteiger partial charge on any atom is 0.417 e. The van der Waals surface area contributed by atoms with Crippen molar-refractivity contribution in [3.05, 3.63) is 23.9 Å². The van der Waals surface area contributed by atoms with Crippen molar-refractivity contribution < 1.29 is 21.6 Å². The summed E-state index contributed by atoms with van der Waals surface area (Å²) < 4.78 is 59.7. The van der Waals surface area contributed by atoms with Gasteiger partial charge in [-0.2, -0.15) is 13.2 Å². The molecule has 3 nitrogen and oxygen atoms in total. The van der Waals surface area contributed by atoms with E-state index < -0.39 is 21.6 Å². The zero-order valence-electron chi connectivity index (χ0n) is 8.54. The third kappa shape index (κ3) is 3.85. The molecule has 0 radical (unpaired) electrons. The van der Waals surface area contributed by atoms with Crippen molar-refractivity contribution in [3.8, 4) is 0 Å². The smallest absolute Gasteiger partial charge is 0.244 e. The molecule has 0 spiro atoms. The average molecular weight is 288 g/mol. The van der Waals surface area contributed by atoms with Gasteiger partial charge in [-0.05, 0) is 18.6 Å². The Balaban J connectivity index is 2.95. The SMILES string of the molecule is O=S(=O)(CCCCl)c1ccc(C(F)(F)F)cn1. The molecule has 1 aromatic heterocycles. The van der Waals surface area contributed by atoms with Crippen molar-refractivity contribution in [2.45, 2.75) is 17.6 Å². The van der Waals surface area contributed by atoms with Crippen LogP contribution in [0.15, 0.2) is 23.4 Å². The Morgan fingerprint density at radius 2 is 1.94 bits per heavy atom. The van der Waals surface area contributed by atoms with Crippen LogP contribution in [0.2, 0.25) is 0 Å². The maximum atomic E-state index is 12.2. The lowest BCUT2D eigenvalue weighted by atomic mass is 10.3. The predicted molar refractivity (Wildman–Crippen MR) is 56.6 cm³/mol. The molecule has 1 aromatic rings. The van der Waals surface area contributed by atoms with Gasteiger partial charge in [0.1, 0.15) is 0 Å². The molecule has 0 fully saturated rings. The van der Waals surface area contributed by atoms with Gasteiger partial charge in [0.2, 0.25) is 0 Å². The Morgan fingerprint density at radius 1 is 1.29 bits per heavy atom. The second-order valence-corrected chi connectivity index (χ2v) is 5.68. The lowest BCUT2D eigenvalue weighted by molar-refractivity contribution is -0.137. The van der Waals surface area contributed by atoms with E-state index in [1.165, 1.54) is 0 Å². The van der Waals surface area contributed by atoms with E-state index in [0.717, 1.165) is 6.07 Å². The maximum absolute atomic E-state index is 12.2. The van der Waals surface area contributed by atoms with Gasteiger partial charge in [-0.3, -0.25) is 0 Å². The molecular weight excluding hydrogens is 279 g/mol. The first-order valence-corrected chi connectivity index (χ1v) is 6.78. The standard InChI is InChI=1S/C9H9ClF3NO2S/c10-4-1-5-17(15,16)8-3-2-7(6-14-8)9(11,12)13/h2-3,6H,1,4-5H2.